The molecule has 3 heterocycles. The average Bonchev–Trinajstić information content (AvgIpc) is 3.31. The highest BCUT2D eigenvalue weighted by atomic mass is 32.2. The monoisotopic (exact) mass is 426 g/mol. The number of rotatable bonds is 4. The first kappa shape index (κ1) is 19.5. The van der Waals surface area contributed by atoms with Crippen molar-refractivity contribution in [3.05, 3.63) is 46.0 Å². The molecule has 2 fully saturated rings. The van der Waals surface area contributed by atoms with Gasteiger partial charge in [-0.1, -0.05) is 12.2 Å². The summed E-state index contributed by atoms with van der Waals surface area (Å²) in [6.45, 7) is 1.84. The minimum absolute atomic E-state index is 0.0130. The molecule has 0 bridgehead atoms. The minimum atomic E-state index is -3.63. The van der Waals surface area contributed by atoms with Crippen LogP contribution in [0.3, 0.4) is 0 Å². The molecular formula is C22H26N4O3S. The van der Waals surface area contributed by atoms with Gasteiger partial charge in [0.25, 0.3) is 5.56 Å². The average molecular weight is 427 g/mol. The van der Waals surface area contributed by atoms with Crippen LogP contribution in [0.2, 0.25) is 0 Å². The fraction of sp³-hybridized carbons (Fsp3) is 0.455. The highest BCUT2D eigenvalue weighted by Gasteiger charge is 2.44. The summed E-state index contributed by atoms with van der Waals surface area (Å²) in [5.41, 5.74) is 3.75. The Kier molecular flexibility index (Phi) is 4.41. The Hall–Kier alpha value is -2.45. The smallest absolute Gasteiger partial charge is 0.254 e. The van der Waals surface area contributed by atoms with Crippen LogP contribution in [0.15, 0.2) is 34.2 Å². The van der Waals surface area contributed by atoms with Crippen molar-refractivity contribution >= 4 is 21.9 Å². The van der Waals surface area contributed by atoms with Crippen molar-refractivity contribution < 1.29 is 8.42 Å². The van der Waals surface area contributed by atoms with Crippen LogP contribution in [0.25, 0.3) is 17.2 Å². The third-order valence-corrected chi connectivity index (χ3v) is 8.30. The standard InChI is InChI=1S/C22H26N4O3S/c1-23-30(28,29)15-12-18(19-14-25(2)21(27)17-5-3-4-16(17)19)20(24-13-15)26-10-8-22(6-7-22)9-11-26/h3-4,12-14,23H,5-11H2,1-2H3. The Morgan fingerprint density at radius 2 is 1.87 bits per heavy atom. The zero-order chi connectivity index (χ0) is 21.1. The first-order valence-corrected chi connectivity index (χ1v) is 11.9. The largest absolute Gasteiger partial charge is 0.356 e. The molecule has 8 heteroatoms. The number of nitrogens with zero attached hydrogens (tertiary/aromatic N) is 3. The van der Waals surface area contributed by atoms with Gasteiger partial charge in [-0.2, -0.15) is 0 Å². The van der Waals surface area contributed by atoms with Crippen LogP contribution < -0.4 is 15.2 Å². The lowest BCUT2D eigenvalue weighted by molar-refractivity contribution is 0.383. The van der Waals surface area contributed by atoms with E-state index in [0.717, 1.165) is 54.0 Å². The molecule has 0 aromatic carbocycles. The van der Waals surface area contributed by atoms with Gasteiger partial charge in [-0.15, -0.1) is 0 Å². The van der Waals surface area contributed by atoms with Gasteiger partial charge in [0.1, 0.15) is 10.7 Å². The summed E-state index contributed by atoms with van der Waals surface area (Å²) in [5, 5.41) is 0. The van der Waals surface area contributed by atoms with Gasteiger partial charge >= 0.3 is 0 Å². The van der Waals surface area contributed by atoms with Crippen LogP contribution in [-0.2, 0) is 23.5 Å². The molecule has 2 aromatic heterocycles. The lowest BCUT2D eigenvalue weighted by Gasteiger charge is -2.34. The van der Waals surface area contributed by atoms with Crippen LogP contribution in [0, 0.1) is 5.41 Å². The summed E-state index contributed by atoms with van der Waals surface area (Å²) in [4.78, 5) is 19.6. The number of hydrogen-bond donors (Lipinski definition) is 1. The molecule has 1 aliphatic heterocycles. The maximum Gasteiger partial charge on any atom is 0.254 e. The van der Waals surface area contributed by atoms with E-state index in [0.29, 0.717) is 11.8 Å². The van der Waals surface area contributed by atoms with Crippen LogP contribution in [-0.4, -0.2) is 38.1 Å². The van der Waals surface area contributed by atoms with Gasteiger partial charge in [0.15, 0.2) is 0 Å². The van der Waals surface area contributed by atoms with E-state index in [1.807, 2.05) is 12.2 Å². The molecule has 158 valence electrons. The number of sulfonamides is 1. The lowest BCUT2D eigenvalue weighted by atomic mass is 9.93. The number of aromatic nitrogens is 2. The second kappa shape index (κ2) is 6.78. The van der Waals surface area contributed by atoms with Gasteiger partial charge in [-0.05, 0) is 56.2 Å². The fourth-order valence-electron chi connectivity index (χ4n) is 4.73. The topological polar surface area (TPSA) is 84.3 Å². The zero-order valence-electron chi connectivity index (χ0n) is 17.3. The van der Waals surface area contributed by atoms with E-state index < -0.39 is 10.0 Å². The Morgan fingerprint density at radius 1 is 1.13 bits per heavy atom. The second-order valence-corrected chi connectivity index (χ2v) is 10.6. The van der Waals surface area contributed by atoms with Crippen molar-refractivity contribution in [2.45, 2.75) is 37.0 Å². The first-order valence-electron chi connectivity index (χ1n) is 10.4. The summed E-state index contributed by atoms with van der Waals surface area (Å²) in [5.74, 6) is 0.793. The Bertz CT molecular complexity index is 1220. The van der Waals surface area contributed by atoms with Crippen molar-refractivity contribution in [3.63, 3.8) is 0 Å². The van der Waals surface area contributed by atoms with Gasteiger partial charge in [-0.25, -0.2) is 18.1 Å². The molecule has 0 atom stereocenters. The highest BCUT2D eigenvalue weighted by Crippen LogP contribution is 2.54. The Morgan fingerprint density at radius 3 is 2.53 bits per heavy atom. The van der Waals surface area contributed by atoms with E-state index in [-0.39, 0.29) is 10.5 Å². The number of aryl methyl sites for hydroxylation is 1. The number of hydrogen-bond acceptors (Lipinski definition) is 5. The summed E-state index contributed by atoms with van der Waals surface area (Å²) in [6, 6.07) is 1.70. The summed E-state index contributed by atoms with van der Waals surface area (Å²) < 4.78 is 28.9. The molecule has 0 radical (unpaired) electrons. The molecule has 0 amide bonds. The summed E-state index contributed by atoms with van der Waals surface area (Å²) >= 11 is 0. The molecule has 30 heavy (non-hydrogen) atoms. The van der Waals surface area contributed by atoms with Crippen molar-refractivity contribution in [1.82, 2.24) is 14.3 Å². The third-order valence-electron chi connectivity index (χ3n) is 6.91. The van der Waals surface area contributed by atoms with E-state index in [1.165, 1.54) is 26.1 Å². The lowest BCUT2D eigenvalue weighted by Crippen LogP contribution is -2.35. The van der Waals surface area contributed by atoms with Gasteiger partial charge in [0, 0.05) is 49.2 Å². The van der Waals surface area contributed by atoms with E-state index in [9.17, 15) is 13.2 Å². The SMILES string of the molecule is CNS(=O)(=O)c1cnc(N2CCC3(CC2)CC3)c(-c2cn(C)c(=O)c3c2C=CC3)c1. The van der Waals surface area contributed by atoms with Crippen LogP contribution in [0.5, 0.6) is 0 Å². The van der Waals surface area contributed by atoms with Crippen molar-refractivity contribution in [2.24, 2.45) is 12.5 Å². The predicted molar refractivity (Wildman–Crippen MR) is 117 cm³/mol. The summed E-state index contributed by atoms with van der Waals surface area (Å²) in [6.07, 6.45) is 12.7. The van der Waals surface area contributed by atoms with E-state index >= 15 is 0 Å². The highest BCUT2D eigenvalue weighted by molar-refractivity contribution is 7.89. The predicted octanol–water partition coefficient (Wildman–Crippen LogP) is 2.31. The maximum atomic E-state index is 12.6. The molecule has 2 aliphatic carbocycles. The van der Waals surface area contributed by atoms with Crippen LogP contribution in [0.1, 0.15) is 36.8 Å². The molecule has 1 N–H and O–H groups in total. The second-order valence-electron chi connectivity index (χ2n) is 8.69. The summed E-state index contributed by atoms with van der Waals surface area (Å²) in [7, 11) is -0.497. The number of anilines is 1. The Balaban J connectivity index is 1.68. The van der Waals surface area contributed by atoms with Crippen molar-refractivity contribution in [2.75, 3.05) is 25.0 Å². The van der Waals surface area contributed by atoms with Crippen molar-refractivity contribution in [1.29, 1.82) is 0 Å². The van der Waals surface area contributed by atoms with E-state index in [2.05, 4.69) is 14.6 Å². The molecule has 1 spiro atoms. The quantitative estimate of drug-likeness (QED) is 0.811. The molecule has 2 aromatic rings. The van der Waals surface area contributed by atoms with Gasteiger partial charge in [-0.3, -0.25) is 4.79 Å². The normalized spacial score (nSPS) is 19.3. The zero-order valence-corrected chi connectivity index (χ0v) is 18.1. The van der Waals surface area contributed by atoms with Crippen molar-refractivity contribution in [3.8, 4) is 11.1 Å². The number of nitrogens with one attached hydrogen (secondary N) is 1. The minimum Gasteiger partial charge on any atom is -0.356 e. The van der Waals surface area contributed by atoms with Gasteiger partial charge in [0.2, 0.25) is 10.0 Å². The first-order chi connectivity index (χ1) is 14.3. The maximum absolute atomic E-state index is 12.6. The fourth-order valence-corrected chi connectivity index (χ4v) is 5.43. The molecule has 3 aliphatic rings. The van der Waals surface area contributed by atoms with Gasteiger partial charge in [0.05, 0.1) is 0 Å². The molecule has 0 unspecified atom stereocenters. The number of fused-ring (bicyclic) bond motifs is 1. The van der Waals surface area contributed by atoms with E-state index in [4.69, 9.17) is 0 Å². The van der Waals surface area contributed by atoms with E-state index in [1.54, 1.807) is 23.9 Å². The molecule has 1 saturated carbocycles. The number of piperidine rings is 1. The molecule has 7 nitrogen and oxygen atoms in total. The number of pyridine rings is 2. The van der Waals surface area contributed by atoms with Crippen LogP contribution >= 0.6 is 0 Å². The molecular weight excluding hydrogens is 400 g/mol. The van der Waals surface area contributed by atoms with Crippen LogP contribution in [0.4, 0.5) is 5.82 Å². The third kappa shape index (κ3) is 3.09. The molecule has 5 rings (SSSR count). The number of allylic oxidation sites excluding steroid dienone is 1. The molecule has 1 saturated heterocycles. The Labute approximate surface area is 176 Å². The van der Waals surface area contributed by atoms with Gasteiger partial charge < -0.3 is 9.47 Å².